The second kappa shape index (κ2) is 7.80. The van der Waals surface area contributed by atoms with E-state index >= 15 is 0 Å². The molecule has 0 unspecified atom stereocenters. The predicted octanol–water partition coefficient (Wildman–Crippen LogP) is 3.87. The minimum absolute atomic E-state index is 0.00658. The monoisotopic (exact) mass is 393 g/mol. The number of rotatable bonds is 6. The summed E-state index contributed by atoms with van der Waals surface area (Å²) in [5.74, 6) is 0.0265. The van der Waals surface area contributed by atoms with Crippen molar-refractivity contribution in [3.63, 3.8) is 0 Å². The number of carbonyl (C=O) groups excluding carboxylic acids is 1. The fourth-order valence-electron chi connectivity index (χ4n) is 3.32. The first-order chi connectivity index (χ1) is 13.5. The van der Waals surface area contributed by atoms with Gasteiger partial charge in [-0.15, -0.1) is 0 Å². The summed E-state index contributed by atoms with van der Waals surface area (Å²) in [6.45, 7) is 2.44. The van der Waals surface area contributed by atoms with Gasteiger partial charge in [0.15, 0.2) is 5.16 Å². The van der Waals surface area contributed by atoms with Crippen molar-refractivity contribution >= 4 is 28.6 Å². The van der Waals surface area contributed by atoms with Gasteiger partial charge in [0, 0.05) is 19.6 Å². The Morgan fingerprint density at radius 1 is 1.18 bits per heavy atom. The highest BCUT2D eigenvalue weighted by Gasteiger charge is 2.30. The summed E-state index contributed by atoms with van der Waals surface area (Å²) < 4.78 is 1.79. The van der Waals surface area contributed by atoms with Gasteiger partial charge in [0.05, 0.1) is 16.2 Å². The van der Waals surface area contributed by atoms with Crippen LogP contribution in [0.1, 0.15) is 31.4 Å². The fraction of sp³-hybridized carbons (Fsp3) is 0.318. The molecule has 1 aliphatic rings. The zero-order chi connectivity index (χ0) is 19.7. The van der Waals surface area contributed by atoms with Crippen LogP contribution >= 0.6 is 11.8 Å². The largest absolute Gasteiger partial charge is 0.340 e. The molecule has 1 aliphatic carbocycles. The number of fused-ring (bicyclic) bond motifs is 1. The lowest BCUT2D eigenvalue weighted by Crippen LogP contribution is -2.33. The zero-order valence-corrected chi connectivity index (χ0v) is 16.9. The van der Waals surface area contributed by atoms with E-state index in [0.717, 1.165) is 18.4 Å². The van der Waals surface area contributed by atoms with Crippen LogP contribution in [0.4, 0.5) is 0 Å². The van der Waals surface area contributed by atoms with Gasteiger partial charge in [-0.25, -0.2) is 4.98 Å². The highest BCUT2D eigenvalue weighted by molar-refractivity contribution is 8.00. The Morgan fingerprint density at radius 2 is 1.86 bits per heavy atom. The van der Waals surface area contributed by atoms with Crippen molar-refractivity contribution in [2.45, 2.75) is 42.8 Å². The van der Waals surface area contributed by atoms with Gasteiger partial charge in [0.25, 0.3) is 5.56 Å². The van der Waals surface area contributed by atoms with Crippen LogP contribution in [0.15, 0.2) is 64.5 Å². The predicted molar refractivity (Wildman–Crippen MR) is 113 cm³/mol. The molecule has 0 radical (unpaired) electrons. The van der Waals surface area contributed by atoms with Gasteiger partial charge in [-0.3, -0.25) is 14.2 Å². The Bertz CT molecular complexity index is 1060. The third-order valence-electron chi connectivity index (χ3n) is 4.96. The molecule has 1 atom stereocenters. The zero-order valence-electron chi connectivity index (χ0n) is 16.0. The van der Waals surface area contributed by atoms with Crippen molar-refractivity contribution in [3.8, 4) is 0 Å². The van der Waals surface area contributed by atoms with E-state index in [1.807, 2.05) is 68.6 Å². The smallest absolute Gasteiger partial charge is 0.262 e. The Balaban J connectivity index is 1.58. The topological polar surface area (TPSA) is 55.2 Å². The van der Waals surface area contributed by atoms with Crippen molar-refractivity contribution in [1.29, 1.82) is 0 Å². The summed E-state index contributed by atoms with van der Waals surface area (Å²) in [7, 11) is 1.81. The van der Waals surface area contributed by atoms with Crippen molar-refractivity contribution in [2.24, 2.45) is 0 Å². The number of hydrogen-bond donors (Lipinski definition) is 0. The number of benzene rings is 2. The number of amides is 1. The van der Waals surface area contributed by atoms with Crippen molar-refractivity contribution in [2.75, 3.05) is 7.05 Å². The minimum Gasteiger partial charge on any atom is -0.340 e. The summed E-state index contributed by atoms with van der Waals surface area (Å²) in [5.41, 5.74) is 1.77. The summed E-state index contributed by atoms with van der Waals surface area (Å²) in [6.07, 6.45) is 1.98. The molecule has 3 aromatic rings. The molecule has 4 rings (SSSR count). The highest BCUT2D eigenvalue weighted by atomic mass is 32.2. The molecule has 6 heteroatoms. The van der Waals surface area contributed by atoms with E-state index in [1.54, 1.807) is 9.47 Å². The molecular formula is C22H23N3O2S. The first-order valence-corrected chi connectivity index (χ1v) is 10.4. The Labute approximate surface area is 168 Å². The van der Waals surface area contributed by atoms with Gasteiger partial charge in [0.1, 0.15) is 0 Å². The third kappa shape index (κ3) is 3.83. The lowest BCUT2D eigenvalue weighted by Gasteiger charge is -2.22. The van der Waals surface area contributed by atoms with Crippen LogP contribution in [-0.2, 0) is 11.3 Å². The molecule has 0 N–H and O–H groups in total. The molecule has 28 heavy (non-hydrogen) atoms. The summed E-state index contributed by atoms with van der Waals surface area (Å²) in [6, 6.07) is 17.6. The molecule has 0 spiro atoms. The second-order valence-electron chi connectivity index (χ2n) is 7.26. The van der Waals surface area contributed by atoms with Crippen molar-refractivity contribution < 1.29 is 4.79 Å². The van der Waals surface area contributed by atoms with Gasteiger partial charge in [-0.1, -0.05) is 54.2 Å². The molecule has 144 valence electrons. The minimum atomic E-state index is -0.327. The van der Waals surface area contributed by atoms with E-state index in [2.05, 4.69) is 0 Å². The Hall–Kier alpha value is -2.60. The van der Waals surface area contributed by atoms with E-state index in [-0.39, 0.29) is 22.8 Å². The maximum Gasteiger partial charge on any atom is 0.262 e. The van der Waals surface area contributed by atoms with Crippen LogP contribution in [0.5, 0.6) is 0 Å². The van der Waals surface area contributed by atoms with Crippen LogP contribution in [0, 0.1) is 0 Å². The molecule has 1 aromatic heterocycles. The van der Waals surface area contributed by atoms with Crippen LogP contribution in [0.25, 0.3) is 10.9 Å². The summed E-state index contributed by atoms with van der Waals surface area (Å²) in [5, 5.41) is 0.950. The number of carbonyl (C=O) groups is 1. The lowest BCUT2D eigenvalue weighted by atomic mass is 10.2. The molecule has 0 saturated heterocycles. The molecule has 1 saturated carbocycles. The number of hydrogen-bond acceptors (Lipinski definition) is 4. The lowest BCUT2D eigenvalue weighted by molar-refractivity contribution is -0.129. The van der Waals surface area contributed by atoms with E-state index < -0.39 is 0 Å². The normalized spacial score (nSPS) is 14.8. The second-order valence-corrected chi connectivity index (χ2v) is 8.57. The SMILES string of the molecule is C[C@H](Sc1nc2ccccc2c(=O)n1C1CC1)C(=O)N(C)Cc1ccccc1. The third-order valence-corrected chi connectivity index (χ3v) is 6.01. The molecular weight excluding hydrogens is 370 g/mol. The average molecular weight is 394 g/mol. The summed E-state index contributed by atoms with van der Waals surface area (Å²) in [4.78, 5) is 32.3. The van der Waals surface area contributed by atoms with Gasteiger partial charge >= 0.3 is 0 Å². The van der Waals surface area contributed by atoms with Crippen LogP contribution in [0.2, 0.25) is 0 Å². The molecule has 0 aliphatic heterocycles. The molecule has 0 bridgehead atoms. The van der Waals surface area contributed by atoms with Gasteiger partial charge in [-0.05, 0) is 37.5 Å². The maximum atomic E-state index is 13.0. The van der Waals surface area contributed by atoms with Gasteiger partial charge in [-0.2, -0.15) is 0 Å². The number of thioether (sulfide) groups is 1. The Morgan fingerprint density at radius 3 is 2.57 bits per heavy atom. The molecule has 1 fully saturated rings. The fourth-order valence-corrected chi connectivity index (χ4v) is 4.41. The highest BCUT2D eigenvalue weighted by Crippen LogP contribution is 2.37. The maximum absolute atomic E-state index is 13.0. The van der Waals surface area contributed by atoms with E-state index in [0.29, 0.717) is 22.6 Å². The quantitative estimate of drug-likeness (QED) is 0.471. The summed E-state index contributed by atoms with van der Waals surface area (Å²) >= 11 is 1.38. The van der Waals surface area contributed by atoms with Crippen LogP contribution < -0.4 is 5.56 Å². The average Bonchev–Trinajstić information content (AvgIpc) is 3.53. The van der Waals surface area contributed by atoms with E-state index in [1.165, 1.54) is 11.8 Å². The molecule has 1 heterocycles. The van der Waals surface area contributed by atoms with E-state index in [4.69, 9.17) is 4.98 Å². The number of aromatic nitrogens is 2. The molecule has 1 amide bonds. The van der Waals surface area contributed by atoms with Crippen molar-refractivity contribution in [3.05, 3.63) is 70.5 Å². The first kappa shape index (κ1) is 18.7. The number of para-hydroxylation sites is 1. The Kier molecular flexibility index (Phi) is 5.22. The number of nitrogens with zero attached hydrogens (tertiary/aromatic N) is 3. The molecule has 2 aromatic carbocycles. The first-order valence-electron chi connectivity index (χ1n) is 9.51. The van der Waals surface area contributed by atoms with Crippen LogP contribution in [0.3, 0.4) is 0 Å². The van der Waals surface area contributed by atoms with E-state index in [9.17, 15) is 9.59 Å². The van der Waals surface area contributed by atoms with Gasteiger partial charge < -0.3 is 4.90 Å². The van der Waals surface area contributed by atoms with Crippen molar-refractivity contribution in [1.82, 2.24) is 14.5 Å². The van der Waals surface area contributed by atoms with Crippen LogP contribution in [-0.4, -0.2) is 32.7 Å². The molecule has 5 nitrogen and oxygen atoms in total. The standard InChI is InChI=1S/C22H23N3O2S/c1-15(20(26)24(2)14-16-8-4-3-5-9-16)28-22-23-19-11-7-6-10-18(19)21(27)25(22)17-12-13-17/h3-11,15,17H,12-14H2,1-2H3/t15-/m0/s1. The van der Waals surface area contributed by atoms with Gasteiger partial charge in [0.2, 0.25) is 5.91 Å².